The first-order valence-corrected chi connectivity index (χ1v) is 6.70. The predicted molar refractivity (Wildman–Crippen MR) is 78.3 cm³/mol. The molecular weight excluding hydrogens is 256 g/mol. The number of carboxylic acid groups (broad SMARTS) is 1. The van der Waals surface area contributed by atoms with Crippen LogP contribution in [0.25, 0.3) is 0 Å². The summed E-state index contributed by atoms with van der Waals surface area (Å²) >= 11 is 0. The molecule has 0 radical (unpaired) electrons. The number of carbonyl (C=O) groups excluding carboxylic acids is 1. The average molecular weight is 280 g/mol. The summed E-state index contributed by atoms with van der Waals surface area (Å²) in [6, 6.07) is -0.289. The number of carbonyl (C=O) groups is 2. The van der Waals surface area contributed by atoms with Crippen molar-refractivity contribution in [3.63, 3.8) is 0 Å². The van der Waals surface area contributed by atoms with E-state index >= 15 is 0 Å². The van der Waals surface area contributed by atoms with E-state index in [1.165, 1.54) is 4.90 Å². The molecule has 20 heavy (non-hydrogen) atoms. The number of nitrogens with one attached hydrogen (secondary N) is 1. The highest BCUT2D eigenvalue weighted by Crippen LogP contribution is 2.45. The van der Waals surface area contributed by atoms with Gasteiger partial charge in [0.2, 0.25) is 5.91 Å². The number of nitrogens with zero attached hydrogens (tertiary/aromatic N) is 1. The van der Waals surface area contributed by atoms with Gasteiger partial charge in [0.05, 0.1) is 12.0 Å². The Morgan fingerprint density at radius 1 is 1.45 bits per heavy atom. The van der Waals surface area contributed by atoms with E-state index in [0.29, 0.717) is 5.57 Å². The topological polar surface area (TPSA) is 69.6 Å². The zero-order valence-electron chi connectivity index (χ0n) is 12.8. The van der Waals surface area contributed by atoms with Crippen LogP contribution in [0.2, 0.25) is 0 Å². The number of rotatable bonds is 6. The molecule has 1 saturated carbocycles. The van der Waals surface area contributed by atoms with Gasteiger partial charge in [-0.25, -0.2) is 0 Å². The lowest BCUT2D eigenvalue weighted by molar-refractivity contribution is -0.140. The minimum absolute atomic E-state index is 0.113. The Kier molecular flexibility index (Phi) is 4.76. The molecule has 0 heterocycles. The molecule has 4 unspecified atom stereocenters. The average Bonchev–Trinajstić information content (AvgIpc) is 3.10. The lowest BCUT2D eigenvalue weighted by Gasteiger charge is -2.33. The zero-order chi connectivity index (χ0) is 15.7. The molecule has 1 rings (SSSR count). The van der Waals surface area contributed by atoms with Crippen molar-refractivity contribution in [1.29, 1.82) is 0 Å². The molecule has 5 heteroatoms. The Bertz CT molecular complexity index is 458. The van der Waals surface area contributed by atoms with Crippen molar-refractivity contribution in [3.05, 3.63) is 24.3 Å². The fourth-order valence-corrected chi connectivity index (χ4v) is 2.57. The second-order valence-electron chi connectivity index (χ2n) is 5.53. The van der Waals surface area contributed by atoms with Gasteiger partial charge in [0.15, 0.2) is 0 Å². The number of aliphatic carboxylic acids is 1. The molecular formula is C15H24N2O3. The Hall–Kier alpha value is -1.62. The molecule has 1 amide bonds. The lowest BCUT2D eigenvalue weighted by Crippen LogP contribution is -2.55. The number of hydrogen-bond acceptors (Lipinski definition) is 3. The largest absolute Gasteiger partial charge is 0.481 e. The molecule has 5 nitrogen and oxygen atoms in total. The summed E-state index contributed by atoms with van der Waals surface area (Å²) in [5, 5.41) is 12.2. The monoisotopic (exact) mass is 280 g/mol. The van der Waals surface area contributed by atoms with Crippen LogP contribution in [0.5, 0.6) is 0 Å². The molecule has 1 aliphatic carbocycles. The third-order valence-corrected chi connectivity index (χ3v) is 4.28. The van der Waals surface area contributed by atoms with Gasteiger partial charge in [0.1, 0.15) is 5.54 Å². The maximum Gasteiger partial charge on any atom is 0.309 e. The summed E-state index contributed by atoms with van der Waals surface area (Å²) in [5.74, 6) is -1.65. The van der Waals surface area contributed by atoms with Crippen LogP contribution in [0.15, 0.2) is 24.3 Å². The standard InChI is InChI=1S/C15H24N2O3/c1-7-8-10-11(13(18)19)12(10)17(6)14(20)15(4,16-5)9(2)3/h7-8,10-12,16H,2H2,1,3-6H3,(H,18,19)/b8-7-. The molecule has 0 aromatic rings. The van der Waals surface area contributed by atoms with Crippen LogP contribution in [0.1, 0.15) is 20.8 Å². The van der Waals surface area contributed by atoms with E-state index in [1.54, 1.807) is 27.9 Å². The van der Waals surface area contributed by atoms with Crippen molar-refractivity contribution in [1.82, 2.24) is 10.2 Å². The second-order valence-corrected chi connectivity index (χ2v) is 5.53. The summed E-state index contributed by atoms with van der Waals surface area (Å²) in [6.07, 6.45) is 3.68. The molecule has 0 aromatic carbocycles. The SMILES string of the molecule is C=C(C)C(C)(NC)C(=O)N(C)C1C(/C=C\C)C1C(=O)O. The fourth-order valence-electron chi connectivity index (χ4n) is 2.57. The van der Waals surface area contributed by atoms with Crippen LogP contribution in [-0.4, -0.2) is 47.6 Å². The maximum absolute atomic E-state index is 12.6. The Labute approximate surface area is 120 Å². The number of hydrogen-bond donors (Lipinski definition) is 2. The number of allylic oxidation sites excluding steroid dienone is 1. The second kappa shape index (κ2) is 5.79. The van der Waals surface area contributed by atoms with Crippen molar-refractivity contribution in [2.75, 3.05) is 14.1 Å². The van der Waals surface area contributed by atoms with E-state index in [-0.39, 0.29) is 17.9 Å². The molecule has 0 saturated heterocycles. The minimum atomic E-state index is -0.874. The zero-order valence-corrected chi connectivity index (χ0v) is 12.8. The van der Waals surface area contributed by atoms with Gasteiger partial charge in [0.25, 0.3) is 0 Å². The minimum Gasteiger partial charge on any atom is -0.481 e. The van der Waals surface area contributed by atoms with Gasteiger partial charge in [-0.2, -0.15) is 0 Å². The number of amides is 1. The Morgan fingerprint density at radius 2 is 2.00 bits per heavy atom. The molecule has 112 valence electrons. The molecule has 0 bridgehead atoms. The predicted octanol–water partition coefficient (Wildman–Crippen LogP) is 1.27. The van der Waals surface area contributed by atoms with Gasteiger partial charge in [-0.3, -0.25) is 9.59 Å². The molecule has 2 N–H and O–H groups in total. The van der Waals surface area contributed by atoms with Crippen LogP contribution in [0, 0.1) is 11.8 Å². The highest BCUT2D eigenvalue weighted by molar-refractivity contribution is 5.90. The van der Waals surface area contributed by atoms with E-state index in [2.05, 4.69) is 11.9 Å². The van der Waals surface area contributed by atoms with E-state index in [1.807, 2.05) is 19.1 Å². The third kappa shape index (κ3) is 2.63. The quantitative estimate of drug-likeness (QED) is 0.719. The smallest absolute Gasteiger partial charge is 0.309 e. The normalized spacial score (nSPS) is 27.9. The molecule has 0 spiro atoms. The van der Waals surface area contributed by atoms with Gasteiger partial charge in [-0.05, 0) is 27.8 Å². The van der Waals surface area contributed by atoms with E-state index in [4.69, 9.17) is 0 Å². The van der Waals surface area contributed by atoms with Gasteiger partial charge in [-0.1, -0.05) is 24.3 Å². The molecule has 1 aliphatic rings. The van der Waals surface area contributed by atoms with Gasteiger partial charge >= 0.3 is 5.97 Å². The van der Waals surface area contributed by atoms with E-state index < -0.39 is 17.4 Å². The highest BCUT2D eigenvalue weighted by atomic mass is 16.4. The van der Waals surface area contributed by atoms with Gasteiger partial charge in [0, 0.05) is 13.0 Å². The molecule has 0 aromatic heterocycles. The number of likely N-dealkylation sites (N-methyl/N-ethyl adjacent to an activating group) is 2. The van der Waals surface area contributed by atoms with E-state index in [9.17, 15) is 14.7 Å². The first-order valence-electron chi connectivity index (χ1n) is 6.70. The summed E-state index contributed by atoms with van der Waals surface area (Å²) in [7, 11) is 3.36. The summed E-state index contributed by atoms with van der Waals surface area (Å²) in [4.78, 5) is 25.4. The van der Waals surface area contributed by atoms with Crippen LogP contribution >= 0.6 is 0 Å². The maximum atomic E-state index is 12.6. The van der Waals surface area contributed by atoms with Crippen LogP contribution < -0.4 is 5.32 Å². The van der Waals surface area contributed by atoms with Crippen molar-refractivity contribution < 1.29 is 14.7 Å². The van der Waals surface area contributed by atoms with E-state index in [0.717, 1.165) is 0 Å². The first-order chi connectivity index (χ1) is 9.22. The number of carboxylic acids is 1. The first kappa shape index (κ1) is 16.4. The fraction of sp³-hybridized carbons (Fsp3) is 0.600. The van der Waals surface area contributed by atoms with Crippen molar-refractivity contribution in [3.8, 4) is 0 Å². The van der Waals surface area contributed by atoms with Crippen LogP contribution in [-0.2, 0) is 9.59 Å². The summed E-state index contributed by atoms with van der Waals surface area (Å²) < 4.78 is 0. The van der Waals surface area contributed by atoms with Crippen LogP contribution in [0.3, 0.4) is 0 Å². The Balaban J connectivity index is 2.95. The van der Waals surface area contributed by atoms with Crippen molar-refractivity contribution >= 4 is 11.9 Å². The van der Waals surface area contributed by atoms with Crippen LogP contribution in [0.4, 0.5) is 0 Å². The Morgan fingerprint density at radius 3 is 2.35 bits per heavy atom. The summed E-state index contributed by atoms with van der Waals surface area (Å²) in [5.41, 5.74) is -0.173. The molecule has 4 atom stereocenters. The molecule has 1 fully saturated rings. The highest BCUT2D eigenvalue weighted by Gasteiger charge is 2.58. The summed E-state index contributed by atoms with van der Waals surface area (Å²) in [6.45, 7) is 9.25. The van der Waals surface area contributed by atoms with Gasteiger partial charge in [-0.15, -0.1) is 0 Å². The third-order valence-electron chi connectivity index (χ3n) is 4.28. The molecule has 0 aliphatic heterocycles. The van der Waals surface area contributed by atoms with Gasteiger partial charge < -0.3 is 15.3 Å². The van der Waals surface area contributed by atoms with Crippen molar-refractivity contribution in [2.45, 2.75) is 32.4 Å². The lowest BCUT2D eigenvalue weighted by atomic mass is 9.92. The van der Waals surface area contributed by atoms with Crippen molar-refractivity contribution in [2.24, 2.45) is 11.8 Å².